The zero-order valence-electron chi connectivity index (χ0n) is 8.70. The number of halogens is 2. The van der Waals surface area contributed by atoms with E-state index in [9.17, 15) is 4.79 Å². The quantitative estimate of drug-likeness (QED) is 0.815. The summed E-state index contributed by atoms with van der Waals surface area (Å²) in [4.78, 5) is 15.4. The minimum absolute atomic E-state index is 0.100. The molecule has 0 aromatic carbocycles. The van der Waals surface area contributed by atoms with Gasteiger partial charge in [0.05, 0.1) is 23.2 Å². The average molecular weight is 263 g/mol. The van der Waals surface area contributed by atoms with Crippen LogP contribution in [0.3, 0.4) is 0 Å². The number of carbonyl (C=O) groups is 1. The smallest absolute Gasteiger partial charge is 0.253 e. The molecule has 0 saturated carbocycles. The van der Waals surface area contributed by atoms with Crippen molar-refractivity contribution in [3.63, 3.8) is 0 Å². The van der Waals surface area contributed by atoms with Crippen LogP contribution in [0.15, 0.2) is 12.3 Å². The van der Waals surface area contributed by atoms with Gasteiger partial charge in [0.2, 0.25) is 0 Å². The van der Waals surface area contributed by atoms with Crippen molar-refractivity contribution in [3.8, 4) is 0 Å². The van der Waals surface area contributed by atoms with Crippen LogP contribution >= 0.6 is 23.2 Å². The third kappa shape index (κ3) is 3.33. The molecule has 1 amide bonds. The van der Waals surface area contributed by atoms with Crippen molar-refractivity contribution in [1.82, 2.24) is 10.3 Å². The summed E-state index contributed by atoms with van der Waals surface area (Å²) in [7, 11) is 0. The van der Waals surface area contributed by atoms with Crippen molar-refractivity contribution in [1.29, 1.82) is 0 Å². The van der Waals surface area contributed by atoms with Gasteiger partial charge in [0.25, 0.3) is 5.91 Å². The minimum Gasteiger partial charge on any atom is -0.394 e. The summed E-state index contributed by atoms with van der Waals surface area (Å²) in [6.45, 7) is 1.77. The van der Waals surface area contributed by atoms with Gasteiger partial charge in [-0.05, 0) is 12.5 Å². The fourth-order valence-electron chi connectivity index (χ4n) is 1.09. The summed E-state index contributed by atoms with van der Waals surface area (Å²) in [5.41, 5.74) is 0.321. The molecule has 4 nitrogen and oxygen atoms in total. The van der Waals surface area contributed by atoms with Crippen LogP contribution in [-0.4, -0.2) is 28.6 Å². The summed E-state index contributed by atoms with van der Waals surface area (Å²) in [6.07, 6.45) is 1.99. The van der Waals surface area contributed by atoms with Crippen LogP contribution in [0, 0.1) is 0 Å². The van der Waals surface area contributed by atoms with Crippen LogP contribution in [0.25, 0.3) is 0 Å². The molecule has 0 radical (unpaired) electrons. The van der Waals surface area contributed by atoms with Gasteiger partial charge >= 0.3 is 0 Å². The zero-order valence-corrected chi connectivity index (χ0v) is 10.2. The third-order valence-corrected chi connectivity index (χ3v) is 2.79. The van der Waals surface area contributed by atoms with Crippen molar-refractivity contribution in [2.75, 3.05) is 6.61 Å². The molecule has 1 aromatic rings. The number of hydrogen-bond acceptors (Lipinski definition) is 3. The molecule has 0 bridgehead atoms. The number of rotatable bonds is 4. The normalized spacial score (nSPS) is 12.2. The average Bonchev–Trinajstić information content (AvgIpc) is 2.29. The lowest BCUT2D eigenvalue weighted by Gasteiger charge is -2.13. The van der Waals surface area contributed by atoms with E-state index in [1.807, 2.05) is 6.92 Å². The van der Waals surface area contributed by atoms with E-state index in [-0.39, 0.29) is 28.7 Å². The van der Waals surface area contributed by atoms with Crippen LogP contribution in [-0.2, 0) is 0 Å². The Bertz CT molecular complexity index is 381. The van der Waals surface area contributed by atoms with Gasteiger partial charge in [-0.3, -0.25) is 4.79 Å². The number of aliphatic hydroxyl groups is 1. The van der Waals surface area contributed by atoms with E-state index in [2.05, 4.69) is 10.3 Å². The Kier molecular flexibility index (Phi) is 4.99. The number of carbonyl (C=O) groups excluding carboxylic acids is 1. The maximum Gasteiger partial charge on any atom is 0.253 e. The van der Waals surface area contributed by atoms with Crippen LogP contribution < -0.4 is 5.32 Å². The molecule has 6 heteroatoms. The first kappa shape index (κ1) is 13.2. The number of nitrogens with zero attached hydrogens (tertiary/aromatic N) is 1. The number of amides is 1. The summed E-state index contributed by atoms with van der Waals surface area (Å²) in [6, 6.07) is 1.18. The molecule has 88 valence electrons. The van der Waals surface area contributed by atoms with E-state index in [1.165, 1.54) is 12.3 Å². The summed E-state index contributed by atoms with van der Waals surface area (Å²) in [5, 5.41) is 12.0. The molecule has 2 N–H and O–H groups in total. The van der Waals surface area contributed by atoms with Crippen molar-refractivity contribution in [2.24, 2.45) is 0 Å². The third-order valence-electron chi connectivity index (χ3n) is 2.11. The molecular formula is C10H12Cl2N2O2. The molecule has 0 aliphatic heterocycles. The topological polar surface area (TPSA) is 62.2 Å². The minimum atomic E-state index is -0.327. The van der Waals surface area contributed by atoms with Gasteiger partial charge in [-0.25, -0.2) is 4.98 Å². The molecule has 1 heterocycles. The monoisotopic (exact) mass is 262 g/mol. The molecule has 0 spiro atoms. The standard InChI is InChI=1S/C10H12Cl2N2O2/c1-2-7(5-15)14-10(16)6-3-8(11)9(12)13-4-6/h3-4,7,15H,2,5H2,1H3,(H,14,16). The summed E-state index contributed by atoms with van der Waals surface area (Å²) in [5.74, 6) is -0.327. The van der Waals surface area contributed by atoms with Crippen LogP contribution in [0.4, 0.5) is 0 Å². The van der Waals surface area contributed by atoms with Crippen molar-refractivity contribution < 1.29 is 9.90 Å². The van der Waals surface area contributed by atoms with E-state index >= 15 is 0 Å². The van der Waals surface area contributed by atoms with Gasteiger partial charge in [0.15, 0.2) is 0 Å². The van der Waals surface area contributed by atoms with Crippen LogP contribution in [0.5, 0.6) is 0 Å². The van der Waals surface area contributed by atoms with Crippen LogP contribution in [0.1, 0.15) is 23.7 Å². The first-order valence-electron chi connectivity index (χ1n) is 4.81. The number of pyridine rings is 1. The van der Waals surface area contributed by atoms with Crippen LogP contribution in [0.2, 0.25) is 10.2 Å². The number of aliphatic hydroxyl groups excluding tert-OH is 1. The second kappa shape index (κ2) is 6.03. The summed E-state index contributed by atoms with van der Waals surface area (Å²) >= 11 is 11.4. The molecule has 1 aromatic heterocycles. The lowest BCUT2D eigenvalue weighted by atomic mass is 10.2. The molecule has 16 heavy (non-hydrogen) atoms. The predicted molar refractivity (Wildman–Crippen MR) is 62.9 cm³/mol. The number of nitrogens with one attached hydrogen (secondary N) is 1. The maximum atomic E-state index is 11.7. The second-order valence-corrected chi connectivity index (χ2v) is 4.02. The Morgan fingerprint density at radius 1 is 1.62 bits per heavy atom. The summed E-state index contributed by atoms with van der Waals surface area (Å²) < 4.78 is 0. The zero-order chi connectivity index (χ0) is 12.1. The van der Waals surface area contributed by atoms with Gasteiger partial charge in [-0.15, -0.1) is 0 Å². The van der Waals surface area contributed by atoms with Gasteiger partial charge < -0.3 is 10.4 Å². The number of aromatic nitrogens is 1. The van der Waals surface area contributed by atoms with Gasteiger partial charge in [-0.2, -0.15) is 0 Å². The van der Waals surface area contributed by atoms with Gasteiger partial charge in [0, 0.05) is 6.20 Å². The molecular weight excluding hydrogens is 251 g/mol. The molecule has 1 atom stereocenters. The Hall–Kier alpha value is -0.840. The fourth-order valence-corrected chi connectivity index (χ4v) is 1.36. The Morgan fingerprint density at radius 2 is 2.31 bits per heavy atom. The highest BCUT2D eigenvalue weighted by atomic mass is 35.5. The highest BCUT2D eigenvalue weighted by Crippen LogP contribution is 2.19. The van der Waals surface area contributed by atoms with E-state index < -0.39 is 0 Å². The highest BCUT2D eigenvalue weighted by molar-refractivity contribution is 6.41. The van der Waals surface area contributed by atoms with Crippen molar-refractivity contribution >= 4 is 29.1 Å². The van der Waals surface area contributed by atoms with E-state index in [0.717, 1.165) is 0 Å². The second-order valence-electron chi connectivity index (χ2n) is 3.26. The van der Waals surface area contributed by atoms with Gasteiger partial charge in [-0.1, -0.05) is 30.1 Å². The van der Waals surface area contributed by atoms with Crippen molar-refractivity contribution in [2.45, 2.75) is 19.4 Å². The molecule has 1 rings (SSSR count). The molecule has 0 aliphatic rings. The predicted octanol–water partition coefficient (Wildman–Crippen LogP) is 1.89. The Morgan fingerprint density at radius 3 is 2.81 bits per heavy atom. The van der Waals surface area contributed by atoms with E-state index in [1.54, 1.807) is 0 Å². The van der Waals surface area contributed by atoms with Crippen molar-refractivity contribution in [3.05, 3.63) is 28.0 Å². The molecule has 0 fully saturated rings. The van der Waals surface area contributed by atoms with E-state index in [0.29, 0.717) is 12.0 Å². The first-order valence-corrected chi connectivity index (χ1v) is 5.56. The number of hydrogen-bond donors (Lipinski definition) is 2. The van der Waals surface area contributed by atoms with E-state index in [4.69, 9.17) is 28.3 Å². The first-order chi connectivity index (χ1) is 7.58. The largest absolute Gasteiger partial charge is 0.394 e. The SMILES string of the molecule is CCC(CO)NC(=O)c1cnc(Cl)c(Cl)c1. The molecule has 0 saturated heterocycles. The lowest BCUT2D eigenvalue weighted by Crippen LogP contribution is -2.36. The molecule has 0 aliphatic carbocycles. The Balaban J connectivity index is 2.76. The van der Waals surface area contributed by atoms with Gasteiger partial charge in [0.1, 0.15) is 5.15 Å². The lowest BCUT2D eigenvalue weighted by molar-refractivity contribution is 0.0914. The fraction of sp³-hybridized carbons (Fsp3) is 0.400. The Labute approximate surface area is 104 Å². The molecule has 1 unspecified atom stereocenters. The maximum absolute atomic E-state index is 11.7. The highest BCUT2D eigenvalue weighted by Gasteiger charge is 2.12.